The molecule has 1 atom stereocenters. The Labute approximate surface area is 132 Å². The monoisotopic (exact) mass is 300 g/mol. The van der Waals surface area contributed by atoms with Crippen LogP contribution in [0.15, 0.2) is 36.4 Å². The first-order chi connectivity index (χ1) is 10.5. The highest BCUT2D eigenvalue weighted by Gasteiger charge is 2.14. The Hall–Kier alpha value is -2.10. The Morgan fingerprint density at radius 2 is 1.68 bits per heavy atom. The van der Waals surface area contributed by atoms with Gasteiger partial charge < -0.3 is 10.6 Å². The number of allylic oxidation sites excluding steroid dienone is 2. The Balaban J connectivity index is 1.82. The molecule has 0 aliphatic heterocycles. The fourth-order valence-corrected chi connectivity index (χ4v) is 2.54. The number of anilines is 2. The van der Waals surface area contributed by atoms with Crippen LogP contribution in [-0.2, 0) is 9.59 Å². The van der Waals surface area contributed by atoms with Crippen LogP contribution in [0.3, 0.4) is 0 Å². The van der Waals surface area contributed by atoms with Gasteiger partial charge in [0, 0.05) is 24.2 Å². The molecule has 1 aromatic rings. The second-order valence-corrected chi connectivity index (χ2v) is 6.24. The van der Waals surface area contributed by atoms with Crippen molar-refractivity contribution in [3.63, 3.8) is 0 Å². The van der Waals surface area contributed by atoms with Gasteiger partial charge in [0.15, 0.2) is 0 Å². The van der Waals surface area contributed by atoms with Gasteiger partial charge in [-0.2, -0.15) is 0 Å². The van der Waals surface area contributed by atoms with Crippen LogP contribution >= 0.6 is 0 Å². The third-order valence-electron chi connectivity index (χ3n) is 3.61. The molecule has 2 amide bonds. The maximum atomic E-state index is 11.9. The Bertz CT molecular complexity index is 547. The quantitative estimate of drug-likeness (QED) is 0.781. The number of carbonyl (C=O) groups is 2. The molecule has 0 heterocycles. The summed E-state index contributed by atoms with van der Waals surface area (Å²) in [5.41, 5.74) is 1.51. The summed E-state index contributed by atoms with van der Waals surface area (Å²) in [4.78, 5) is 23.6. The molecule has 2 rings (SSSR count). The van der Waals surface area contributed by atoms with Crippen LogP contribution in [0.4, 0.5) is 11.4 Å². The molecule has 22 heavy (non-hydrogen) atoms. The smallest absolute Gasteiger partial charge is 0.224 e. The molecule has 0 fully saturated rings. The first kappa shape index (κ1) is 16.3. The van der Waals surface area contributed by atoms with E-state index in [2.05, 4.69) is 22.8 Å². The number of nitrogens with one attached hydrogen (secondary N) is 2. The molecule has 1 aromatic carbocycles. The van der Waals surface area contributed by atoms with Gasteiger partial charge >= 0.3 is 0 Å². The summed E-state index contributed by atoms with van der Waals surface area (Å²) in [6.45, 7) is 4.02. The average Bonchev–Trinajstić information content (AvgIpc) is 2.92. The highest BCUT2D eigenvalue weighted by Crippen LogP contribution is 2.21. The summed E-state index contributed by atoms with van der Waals surface area (Å²) in [5.74, 6) is 0.755. The van der Waals surface area contributed by atoms with Gasteiger partial charge in [-0.1, -0.05) is 26.0 Å². The summed E-state index contributed by atoms with van der Waals surface area (Å²) in [7, 11) is 0. The zero-order valence-electron chi connectivity index (χ0n) is 13.3. The lowest BCUT2D eigenvalue weighted by Crippen LogP contribution is -2.15. The van der Waals surface area contributed by atoms with Crippen molar-refractivity contribution in [2.24, 2.45) is 11.8 Å². The normalized spacial score (nSPS) is 16.8. The van der Waals surface area contributed by atoms with Gasteiger partial charge in [-0.3, -0.25) is 9.59 Å². The topological polar surface area (TPSA) is 58.2 Å². The van der Waals surface area contributed by atoms with Crippen molar-refractivity contribution in [1.82, 2.24) is 0 Å². The molecular weight excluding hydrogens is 276 g/mol. The number of benzene rings is 1. The lowest BCUT2D eigenvalue weighted by Gasteiger charge is -2.10. The average molecular weight is 300 g/mol. The Kier molecular flexibility index (Phi) is 5.75. The number of hydrogen-bond donors (Lipinski definition) is 2. The summed E-state index contributed by atoms with van der Waals surface area (Å²) in [6, 6.07) is 7.24. The molecule has 0 aromatic heterocycles. The maximum absolute atomic E-state index is 11.9. The van der Waals surface area contributed by atoms with Crippen LogP contribution in [0.1, 0.15) is 39.5 Å². The fraction of sp³-hybridized carbons (Fsp3) is 0.444. The van der Waals surface area contributed by atoms with E-state index in [0.717, 1.165) is 24.2 Å². The van der Waals surface area contributed by atoms with Crippen molar-refractivity contribution < 1.29 is 9.59 Å². The molecule has 0 saturated heterocycles. The molecule has 4 heteroatoms. The standard InChI is InChI=1S/C18H24N2O2/c1-13(2)11-17(21)19-15-7-9-16(10-8-15)20-18(22)12-14-5-3-4-6-14/h3,5,7-10,13-14H,4,6,11-12H2,1-2H3,(H,19,21)(H,20,22)/t14-/m1/s1. The molecule has 0 unspecified atom stereocenters. The van der Waals surface area contributed by atoms with E-state index in [0.29, 0.717) is 24.7 Å². The van der Waals surface area contributed by atoms with Crippen molar-refractivity contribution in [2.75, 3.05) is 10.6 Å². The lowest BCUT2D eigenvalue weighted by molar-refractivity contribution is -0.117. The van der Waals surface area contributed by atoms with E-state index in [4.69, 9.17) is 0 Å². The molecule has 1 aliphatic carbocycles. The minimum absolute atomic E-state index is 0.0137. The van der Waals surface area contributed by atoms with Crippen LogP contribution < -0.4 is 10.6 Å². The third-order valence-corrected chi connectivity index (χ3v) is 3.61. The predicted molar refractivity (Wildman–Crippen MR) is 89.6 cm³/mol. The van der Waals surface area contributed by atoms with Crippen molar-refractivity contribution in [3.05, 3.63) is 36.4 Å². The molecule has 0 saturated carbocycles. The Morgan fingerprint density at radius 1 is 1.09 bits per heavy atom. The predicted octanol–water partition coefficient (Wildman–Crippen LogP) is 3.97. The number of amides is 2. The van der Waals surface area contributed by atoms with Gasteiger partial charge in [0.2, 0.25) is 11.8 Å². The van der Waals surface area contributed by atoms with Gasteiger partial charge in [-0.05, 0) is 48.9 Å². The molecule has 0 bridgehead atoms. The molecule has 0 radical (unpaired) electrons. The van der Waals surface area contributed by atoms with Crippen LogP contribution in [0.5, 0.6) is 0 Å². The number of rotatable bonds is 6. The van der Waals surface area contributed by atoms with E-state index < -0.39 is 0 Å². The SMILES string of the molecule is CC(C)CC(=O)Nc1ccc(NC(=O)C[C@@H]2C=CCC2)cc1. The second-order valence-electron chi connectivity index (χ2n) is 6.24. The molecule has 1 aliphatic rings. The fourth-order valence-electron chi connectivity index (χ4n) is 2.54. The first-order valence-electron chi connectivity index (χ1n) is 7.89. The van der Waals surface area contributed by atoms with Crippen molar-refractivity contribution in [3.8, 4) is 0 Å². The Morgan fingerprint density at radius 3 is 2.18 bits per heavy atom. The maximum Gasteiger partial charge on any atom is 0.224 e. The van der Waals surface area contributed by atoms with E-state index in [1.807, 2.05) is 38.1 Å². The van der Waals surface area contributed by atoms with Crippen LogP contribution in [0.25, 0.3) is 0 Å². The van der Waals surface area contributed by atoms with Crippen molar-refractivity contribution in [2.45, 2.75) is 39.5 Å². The van der Waals surface area contributed by atoms with E-state index in [9.17, 15) is 9.59 Å². The van der Waals surface area contributed by atoms with E-state index >= 15 is 0 Å². The molecular formula is C18H24N2O2. The van der Waals surface area contributed by atoms with Gasteiger partial charge in [0.25, 0.3) is 0 Å². The third kappa shape index (κ3) is 5.35. The van der Waals surface area contributed by atoms with Gasteiger partial charge in [-0.25, -0.2) is 0 Å². The summed E-state index contributed by atoms with van der Waals surface area (Å²) < 4.78 is 0. The minimum atomic E-state index is 0.0137. The van der Waals surface area contributed by atoms with E-state index in [1.165, 1.54) is 0 Å². The molecule has 2 N–H and O–H groups in total. The highest BCUT2D eigenvalue weighted by atomic mass is 16.2. The number of hydrogen-bond acceptors (Lipinski definition) is 2. The van der Waals surface area contributed by atoms with E-state index in [1.54, 1.807) is 0 Å². The van der Waals surface area contributed by atoms with Crippen LogP contribution in [-0.4, -0.2) is 11.8 Å². The lowest BCUT2D eigenvalue weighted by atomic mass is 10.1. The largest absolute Gasteiger partial charge is 0.326 e. The summed E-state index contributed by atoms with van der Waals surface area (Å²) in [5, 5.41) is 5.75. The zero-order valence-corrected chi connectivity index (χ0v) is 13.3. The zero-order chi connectivity index (χ0) is 15.9. The summed E-state index contributed by atoms with van der Waals surface area (Å²) >= 11 is 0. The minimum Gasteiger partial charge on any atom is -0.326 e. The van der Waals surface area contributed by atoms with Crippen molar-refractivity contribution >= 4 is 23.2 Å². The molecule has 4 nitrogen and oxygen atoms in total. The van der Waals surface area contributed by atoms with Crippen molar-refractivity contribution in [1.29, 1.82) is 0 Å². The van der Waals surface area contributed by atoms with Crippen LogP contribution in [0, 0.1) is 11.8 Å². The van der Waals surface area contributed by atoms with E-state index in [-0.39, 0.29) is 11.8 Å². The second kappa shape index (κ2) is 7.78. The van der Waals surface area contributed by atoms with Gasteiger partial charge in [0.1, 0.15) is 0 Å². The van der Waals surface area contributed by atoms with Gasteiger partial charge in [0.05, 0.1) is 0 Å². The highest BCUT2D eigenvalue weighted by molar-refractivity contribution is 5.93. The van der Waals surface area contributed by atoms with Crippen LogP contribution in [0.2, 0.25) is 0 Å². The summed E-state index contributed by atoms with van der Waals surface area (Å²) in [6.07, 6.45) is 7.42. The number of carbonyl (C=O) groups excluding carboxylic acids is 2. The first-order valence-corrected chi connectivity index (χ1v) is 7.89. The molecule has 118 valence electrons. The molecule has 0 spiro atoms. The van der Waals surface area contributed by atoms with Gasteiger partial charge in [-0.15, -0.1) is 0 Å².